The average Bonchev–Trinajstić information content (AvgIpc) is 3.16. The van der Waals surface area contributed by atoms with Crippen molar-refractivity contribution < 1.29 is 18.3 Å². The van der Waals surface area contributed by atoms with E-state index in [-0.39, 0.29) is 29.8 Å². The van der Waals surface area contributed by atoms with Gasteiger partial charge in [-0.3, -0.25) is 4.79 Å². The number of nitrogens with one attached hydrogen (secondary N) is 1. The summed E-state index contributed by atoms with van der Waals surface area (Å²) in [6, 6.07) is 13.2. The van der Waals surface area contributed by atoms with E-state index in [2.05, 4.69) is 5.32 Å². The third-order valence-corrected chi connectivity index (χ3v) is 6.14. The second kappa shape index (κ2) is 7.19. The van der Waals surface area contributed by atoms with Crippen LogP contribution in [0.3, 0.4) is 0 Å². The summed E-state index contributed by atoms with van der Waals surface area (Å²) in [7, 11) is 0. The summed E-state index contributed by atoms with van der Waals surface area (Å²) in [5.74, 6) is 0.371. The van der Waals surface area contributed by atoms with Crippen molar-refractivity contribution in [3.8, 4) is 0 Å². The van der Waals surface area contributed by atoms with Crippen LogP contribution in [0.4, 0.5) is 5.69 Å². The van der Waals surface area contributed by atoms with Gasteiger partial charge in [0.05, 0.1) is 17.0 Å². The minimum absolute atomic E-state index is 0.0191. The highest BCUT2D eigenvalue weighted by Crippen LogP contribution is 2.50. The topological polar surface area (TPSA) is 75.6 Å². The van der Waals surface area contributed by atoms with Gasteiger partial charge in [0.1, 0.15) is 0 Å². The fourth-order valence-electron chi connectivity index (χ4n) is 4.08. The molecule has 4 atom stereocenters. The van der Waals surface area contributed by atoms with Gasteiger partial charge in [-0.05, 0) is 30.2 Å². The number of carbonyl (C=O) groups is 1. The van der Waals surface area contributed by atoms with Crippen LogP contribution in [-0.2, 0) is 15.8 Å². The van der Waals surface area contributed by atoms with Crippen molar-refractivity contribution in [2.24, 2.45) is 11.8 Å². The Morgan fingerprint density at radius 1 is 1.22 bits per heavy atom. The molecule has 1 fully saturated rings. The van der Waals surface area contributed by atoms with Gasteiger partial charge in [0.15, 0.2) is 16.9 Å². The van der Waals surface area contributed by atoms with Gasteiger partial charge < -0.3 is 14.6 Å². The predicted molar refractivity (Wildman–Crippen MR) is 104 cm³/mol. The molecule has 0 spiro atoms. The zero-order valence-electron chi connectivity index (χ0n) is 15.3. The lowest BCUT2D eigenvalue weighted by molar-refractivity contribution is 0.0827. The normalized spacial score (nSPS) is 24.8. The Hall–Kier alpha value is -2.02. The SMILES string of the molecule is CC(C)C(=O)c1ccc(C2Nc3ccc(S(=O)O)cc3[C@H]3OCC[C@@H]23)cc1. The van der Waals surface area contributed by atoms with Crippen LogP contribution in [0.2, 0.25) is 0 Å². The summed E-state index contributed by atoms with van der Waals surface area (Å²) in [6.45, 7) is 4.48. The summed E-state index contributed by atoms with van der Waals surface area (Å²) in [5, 5.41) is 3.58. The van der Waals surface area contributed by atoms with Gasteiger partial charge in [-0.15, -0.1) is 0 Å². The highest BCUT2D eigenvalue weighted by Gasteiger charge is 2.41. The fraction of sp³-hybridized carbons (Fsp3) is 0.381. The molecule has 1 saturated heterocycles. The van der Waals surface area contributed by atoms with Gasteiger partial charge in [-0.1, -0.05) is 38.1 Å². The molecule has 2 N–H and O–H groups in total. The van der Waals surface area contributed by atoms with E-state index in [0.29, 0.717) is 11.5 Å². The highest BCUT2D eigenvalue weighted by atomic mass is 32.2. The standard InChI is InChI=1S/C21H23NO4S/c1-12(2)20(23)14-5-3-13(4-6-14)19-16-9-10-26-21(16)17-11-15(27(24)25)7-8-18(17)22-19/h3-8,11-12,16,19,21-22H,9-10H2,1-2H3,(H,24,25)/t16-,19?,21-/m0/s1. The monoisotopic (exact) mass is 385 g/mol. The quantitative estimate of drug-likeness (QED) is 0.604. The first kappa shape index (κ1) is 18.3. The van der Waals surface area contributed by atoms with Crippen LogP contribution in [0.25, 0.3) is 0 Å². The maximum atomic E-state index is 12.2. The molecule has 0 amide bonds. The number of ether oxygens (including phenoxy) is 1. The maximum absolute atomic E-state index is 12.2. The lowest BCUT2D eigenvalue weighted by Gasteiger charge is -2.36. The summed E-state index contributed by atoms with van der Waals surface area (Å²) in [6.07, 6.45) is 0.827. The minimum Gasteiger partial charge on any atom is -0.378 e. The van der Waals surface area contributed by atoms with Crippen molar-refractivity contribution in [2.75, 3.05) is 11.9 Å². The lowest BCUT2D eigenvalue weighted by Crippen LogP contribution is -2.29. The van der Waals surface area contributed by atoms with Crippen molar-refractivity contribution in [2.45, 2.75) is 37.3 Å². The summed E-state index contributed by atoms with van der Waals surface area (Å²) in [4.78, 5) is 12.6. The molecule has 2 aromatic rings. The molecule has 2 heterocycles. The van der Waals surface area contributed by atoms with Gasteiger partial charge in [-0.25, -0.2) is 4.21 Å². The Labute approximate surface area is 161 Å². The van der Waals surface area contributed by atoms with Crippen LogP contribution < -0.4 is 5.32 Å². The van der Waals surface area contributed by atoms with Gasteiger partial charge >= 0.3 is 0 Å². The van der Waals surface area contributed by atoms with Crippen molar-refractivity contribution in [3.63, 3.8) is 0 Å². The first-order chi connectivity index (χ1) is 13.0. The van der Waals surface area contributed by atoms with E-state index in [1.54, 1.807) is 12.1 Å². The zero-order valence-corrected chi connectivity index (χ0v) is 16.2. The van der Waals surface area contributed by atoms with E-state index in [9.17, 15) is 13.6 Å². The van der Waals surface area contributed by atoms with Gasteiger partial charge in [0.2, 0.25) is 0 Å². The third kappa shape index (κ3) is 3.33. The van der Waals surface area contributed by atoms with Crippen molar-refractivity contribution in [1.29, 1.82) is 0 Å². The molecule has 142 valence electrons. The molecular formula is C21H23NO4S. The van der Waals surface area contributed by atoms with Crippen molar-refractivity contribution in [3.05, 3.63) is 59.2 Å². The highest BCUT2D eigenvalue weighted by molar-refractivity contribution is 7.79. The Balaban J connectivity index is 1.67. The molecule has 2 aliphatic rings. The largest absolute Gasteiger partial charge is 0.378 e. The average molecular weight is 385 g/mol. The van der Waals surface area contributed by atoms with Crippen molar-refractivity contribution in [1.82, 2.24) is 0 Å². The van der Waals surface area contributed by atoms with E-state index >= 15 is 0 Å². The molecule has 0 aliphatic carbocycles. The molecule has 4 rings (SSSR count). The van der Waals surface area contributed by atoms with E-state index in [4.69, 9.17) is 4.74 Å². The minimum atomic E-state index is -2.01. The molecular weight excluding hydrogens is 362 g/mol. The number of carbonyl (C=O) groups excluding carboxylic acids is 1. The molecule has 2 unspecified atom stereocenters. The molecule has 2 aliphatic heterocycles. The predicted octanol–water partition coefficient (Wildman–Crippen LogP) is 4.35. The number of rotatable bonds is 4. The van der Waals surface area contributed by atoms with Crippen LogP contribution in [-0.4, -0.2) is 21.2 Å². The van der Waals surface area contributed by atoms with Gasteiger partial charge in [0.25, 0.3) is 0 Å². The Kier molecular flexibility index (Phi) is 4.88. The zero-order chi connectivity index (χ0) is 19.1. The molecule has 6 heteroatoms. The molecule has 27 heavy (non-hydrogen) atoms. The van der Waals surface area contributed by atoms with Gasteiger partial charge in [0, 0.05) is 35.3 Å². The van der Waals surface area contributed by atoms with Crippen LogP contribution >= 0.6 is 0 Å². The number of anilines is 1. The summed E-state index contributed by atoms with van der Waals surface area (Å²) < 4.78 is 26.8. The van der Waals surface area contributed by atoms with E-state index < -0.39 is 11.1 Å². The van der Waals surface area contributed by atoms with Crippen LogP contribution in [0.15, 0.2) is 47.4 Å². The molecule has 0 aromatic heterocycles. The number of benzene rings is 2. The Bertz CT molecular complexity index is 894. The molecule has 0 radical (unpaired) electrons. The maximum Gasteiger partial charge on any atom is 0.186 e. The summed E-state index contributed by atoms with van der Waals surface area (Å²) >= 11 is -2.01. The first-order valence-corrected chi connectivity index (χ1v) is 10.3. The van der Waals surface area contributed by atoms with E-state index in [1.807, 2.05) is 44.2 Å². The van der Waals surface area contributed by atoms with Crippen LogP contribution in [0.1, 0.15) is 53.9 Å². The van der Waals surface area contributed by atoms with E-state index in [0.717, 1.165) is 28.8 Å². The molecule has 5 nitrogen and oxygen atoms in total. The number of hydrogen-bond donors (Lipinski definition) is 2. The Morgan fingerprint density at radius 2 is 1.96 bits per heavy atom. The van der Waals surface area contributed by atoms with Crippen molar-refractivity contribution >= 4 is 22.6 Å². The van der Waals surface area contributed by atoms with E-state index in [1.165, 1.54) is 0 Å². The molecule has 0 bridgehead atoms. The second-order valence-corrected chi connectivity index (χ2v) is 8.47. The number of hydrogen-bond acceptors (Lipinski definition) is 4. The lowest BCUT2D eigenvalue weighted by atomic mass is 9.81. The number of ketones is 1. The molecule has 2 aromatic carbocycles. The fourth-order valence-corrected chi connectivity index (χ4v) is 4.49. The first-order valence-electron chi connectivity index (χ1n) is 9.23. The van der Waals surface area contributed by atoms with Gasteiger partial charge in [-0.2, -0.15) is 0 Å². The third-order valence-electron chi connectivity index (χ3n) is 5.49. The summed E-state index contributed by atoms with van der Waals surface area (Å²) in [5.41, 5.74) is 3.73. The molecule has 0 saturated carbocycles. The Morgan fingerprint density at radius 3 is 2.63 bits per heavy atom. The smallest absolute Gasteiger partial charge is 0.186 e. The van der Waals surface area contributed by atoms with Crippen LogP contribution in [0.5, 0.6) is 0 Å². The number of fused-ring (bicyclic) bond motifs is 3. The number of Topliss-reactive ketones (excluding diaryl/α,β-unsaturated/α-hetero) is 1. The van der Waals surface area contributed by atoms with Crippen LogP contribution in [0, 0.1) is 11.8 Å². The second-order valence-electron chi connectivity index (χ2n) is 7.51.